The summed E-state index contributed by atoms with van der Waals surface area (Å²) >= 11 is 0. The fourth-order valence-corrected chi connectivity index (χ4v) is 3.95. The Balaban J connectivity index is 1.72. The number of hydrogen-bond acceptors (Lipinski definition) is 5. The van der Waals surface area contributed by atoms with Crippen LogP contribution in [-0.4, -0.2) is 56.1 Å². The topological polar surface area (TPSA) is 53.0 Å². The van der Waals surface area contributed by atoms with Gasteiger partial charge < -0.3 is 19.6 Å². The van der Waals surface area contributed by atoms with Crippen molar-refractivity contribution in [2.24, 2.45) is 0 Å². The zero-order chi connectivity index (χ0) is 22.5. The minimum atomic E-state index is -0.0521. The monoisotopic (exact) mass is 428 g/mol. The first kappa shape index (κ1) is 21.7. The van der Waals surface area contributed by atoms with Gasteiger partial charge in [0.2, 0.25) is 0 Å². The number of rotatable bonds is 6. The van der Waals surface area contributed by atoms with Gasteiger partial charge in [0.1, 0.15) is 11.5 Å². The number of phenolic OH excluding ortho intramolecular Hbond substituents is 1. The van der Waals surface area contributed by atoms with Crippen molar-refractivity contribution < 1.29 is 14.6 Å². The minimum absolute atomic E-state index is 0.0521. The number of aromatic hydroxyl groups is 1. The molecule has 1 fully saturated rings. The van der Waals surface area contributed by atoms with E-state index in [9.17, 15) is 9.90 Å². The van der Waals surface area contributed by atoms with Crippen LogP contribution in [-0.2, 0) is 0 Å². The van der Waals surface area contributed by atoms with E-state index < -0.39 is 0 Å². The largest absolute Gasteiger partial charge is 0.508 e. The number of hydrogen-bond donors (Lipinski definition) is 1. The zero-order valence-corrected chi connectivity index (χ0v) is 18.5. The van der Waals surface area contributed by atoms with Gasteiger partial charge in [-0.1, -0.05) is 42.5 Å². The van der Waals surface area contributed by atoms with Gasteiger partial charge in [-0.15, -0.1) is 0 Å². The summed E-state index contributed by atoms with van der Waals surface area (Å²) in [6.07, 6.45) is 3.39. The van der Waals surface area contributed by atoms with Gasteiger partial charge in [0.15, 0.2) is 5.78 Å². The number of benzene rings is 3. The lowest BCUT2D eigenvalue weighted by atomic mass is 9.97. The summed E-state index contributed by atoms with van der Waals surface area (Å²) in [5, 5.41) is 9.48. The second-order valence-electron chi connectivity index (χ2n) is 8.01. The zero-order valence-electron chi connectivity index (χ0n) is 18.5. The van der Waals surface area contributed by atoms with E-state index in [1.165, 1.54) is 0 Å². The van der Waals surface area contributed by atoms with Crippen LogP contribution in [0.2, 0.25) is 0 Å². The highest BCUT2D eigenvalue weighted by Gasteiger charge is 2.20. The lowest BCUT2D eigenvalue weighted by Gasteiger charge is -2.35. The number of allylic oxidation sites excluding steroid dienone is 1. The Kier molecular flexibility index (Phi) is 6.57. The molecule has 0 amide bonds. The van der Waals surface area contributed by atoms with E-state index in [-0.39, 0.29) is 11.5 Å². The molecule has 1 aliphatic heterocycles. The molecule has 0 spiro atoms. The van der Waals surface area contributed by atoms with Crippen LogP contribution in [0.15, 0.2) is 72.8 Å². The number of para-hydroxylation sites is 1. The number of carbonyl (C=O) groups is 1. The highest BCUT2D eigenvalue weighted by molar-refractivity contribution is 6.11. The Morgan fingerprint density at radius 2 is 1.69 bits per heavy atom. The first-order valence-corrected chi connectivity index (χ1v) is 10.8. The van der Waals surface area contributed by atoms with E-state index in [0.29, 0.717) is 5.56 Å². The van der Waals surface area contributed by atoms with E-state index in [2.05, 4.69) is 29.0 Å². The third-order valence-corrected chi connectivity index (χ3v) is 5.84. The van der Waals surface area contributed by atoms with Crippen LogP contribution in [0, 0.1) is 0 Å². The van der Waals surface area contributed by atoms with Gasteiger partial charge in [-0.25, -0.2) is 0 Å². The summed E-state index contributed by atoms with van der Waals surface area (Å²) in [6, 6.07) is 20.7. The molecule has 1 saturated heterocycles. The van der Waals surface area contributed by atoms with Gasteiger partial charge in [-0.05, 0) is 54.6 Å². The maximum atomic E-state index is 13.3. The SMILES string of the molecule is COc1ccccc1-c1ccc(N2CCN(C)CC2)c(C(=O)C=Cc2ccc(O)cc2)c1. The lowest BCUT2D eigenvalue weighted by molar-refractivity contribution is 0.104. The average molecular weight is 429 g/mol. The van der Waals surface area contributed by atoms with Gasteiger partial charge in [0.25, 0.3) is 0 Å². The van der Waals surface area contributed by atoms with Crippen molar-refractivity contribution in [2.75, 3.05) is 45.2 Å². The van der Waals surface area contributed by atoms with Crippen LogP contribution < -0.4 is 9.64 Å². The Morgan fingerprint density at radius 3 is 2.41 bits per heavy atom. The third kappa shape index (κ3) is 4.84. The van der Waals surface area contributed by atoms with E-state index in [4.69, 9.17) is 4.74 Å². The van der Waals surface area contributed by atoms with Crippen LogP contribution in [0.5, 0.6) is 11.5 Å². The number of likely N-dealkylation sites (N-methyl/N-ethyl adjacent to an activating group) is 1. The molecule has 32 heavy (non-hydrogen) atoms. The number of nitrogens with zero attached hydrogens (tertiary/aromatic N) is 2. The molecule has 5 heteroatoms. The second-order valence-corrected chi connectivity index (χ2v) is 8.01. The van der Waals surface area contributed by atoms with E-state index in [0.717, 1.165) is 54.3 Å². The number of ether oxygens (including phenoxy) is 1. The molecule has 4 rings (SSSR count). The fourth-order valence-electron chi connectivity index (χ4n) is 3.95. The maximum absolute atomic E-state index is 13.3. The summed E-state index contributed by atoms with van der Waals surface area (Å²) in [5.41, 5.74) is 4.39. The van der Waals surface area contributed by atoms with E-state index >= 15 is 0 Å². The highest BCUT2D eigenvalue weighted by atomic mass is 16.5. The number of anilines is 1. The average Bonchev–Trinajstić information content (AvgIpc) is 2.83. The van der Waals surface area contributed by atoms with Gasteiger partial charge in [-0.2, -0.15) is 0 Å². The predicted octanol–water partition coefficient (Wildman–Crippen LogP) is 4.72. The molecule has 0 aliphatic carbocycles. The van der Waals surface area contributed by atoms with Crippen LogP contribution in [0.25, 0.3) is 17.2 Å². The van der Waals surface area contributed by atoms with Crippen LogP contribution >= 0.6 is 0 Å². The van der Waals surface area contributed by atoms with Crippen molar-refractivity contribution in [2.45, 2.75) is 0 Å². The summed E-state index contributed by atoms with van der Waals surface area (Å²) in [7, 11) is 3.78. The molecule has 164 valence electrons. The molecule has 3 aromatic carbocycles. The Bertz CT molecular complexity index is 1110. The quantitative estimate of drug-likeness (QED) is 0.455. The predicted molar refractivity (Wildman–Crippen MR) is 130 cm³/mol. The van der Waals surface area contributed by atoms with Gasteiger partial charge in [0, 0.05) is 43.0 Å². The lowest BCUT2D eigenvalue weighted by Crippen LogP contribution is -2.45. The summed E-state index contributed by atoms with van der Waals surface area (Å²) in [6.45, 7) is 3.69. The molecule has 0 radical (unpaired) electrons. The molecule has 1 N–H and O–H groups in total. The molecule has 1 aliphatic rings. The maximum Gasteiger partial charge on any atom is 0.187 e. The summed E-state index contributed by atoms with van der Waals surface area (Å²) in [4.78, 5) is 17.9. The summed E-state index contributed by atoms with van der Waals surface area (Å²) < 4.78 is 5.54. The van der Waals surface area contributed by atoms with Gasteiger partial charge >= 0.3 is 0 Å². The Labute approximate surface area is 189 Å². The smallest absolute Gasteiger partial charge is 0.187 e. The Hall–Kier alpha value is -3.57. The first-order valence-electron chi connectivity index (χ1n) is 10.8. The molecule has 0 bridgehead atoms. The van der Waals surface area contributed by atoms with Crippen molar-refractivity contribution in [3.63, 3.8) is 0 Å². The summed E-state index contributed by atoms with van der Waals surface area (Å²) in [5.74, 6) is 0.928. The second kappa shape index (κ2) is 9.71. The molecule has 3 aromatic rings. The molecule has 0 aromatic heterocycles. The molecule has 0 atom stereocenters. The molecular formula is C27H28N2O3. The van der Waals surface area contributed by atoms with Crippen LogP contribution in [0.3, 0.4) is 0 Å². The fraction of sp³-hybridized carbons (Fsp3) is 0.222. The standard InChI is InChI=1S/C27H28N2O3/c1-28-15-17-29(18-16-28)25-13-10-21(23-5-3-4-6-27(23)32-2)19-24(25)26(31)14-9-20-7-11-22(30)12-8-20/h3-14,19,30H,15-18H2,1-2H3. The van der Waals surface area contributed by atoms with Crippen molar-refractivity contribution in [1.29, 1.82) is 0 Å². The van der Waals surface area contributed by atoms with E-state index in [1.54, 1.807) is 43.5 Å². The van der Waals surface area contributed by atoms with Crippen molar-refractivity contribution in [3.05, 3.63) is 83.9 Å². The van der Waals surface area contributed by atoms with Crippen molar-refractivity contribution >= 4 is 17.5 Å². The first-order chi connectivity index (χ1) is 15.5. The van der Waals surface area contributed by atoms with Crippen molar-refractivity contribution in [1.82, 2.24) is 4.90 Å². The van der Waals surface area contributed by atoms with Gasteiger partial charge in [-0.3, -0.25) is 4.79 Å². The third-order valence-electron chi connectivity index (χ3n) is 5.84. The normalized spacial score (nSPS) is 14.6. The molecule has 5 nitrogen and oxygen atoms in total. The van der Waals surface area contributed by atoms with Crippen LogP contribution in [0.4, 0.5) is 5.69 Å². The number of ketones is 1. The minimum Gasteiger partial charge on any atom is -0.508 e. The number of methoxy groups -OCH3 is 1. The number of piperazine rings is 1. The van der Waals surface area contributed by atoms with Crippen molar-refractivity contribution in [3.8, 4) is 22.6 Å². The Morgan fingerprint density at radius 1 is 0.969 bits per heavy atom. The number of carbonyl (C=O) groups excluding carboxylic acids is 1. The molecule has 0 saturated carbocycles. The van der Waals surface area contributed by atoms with E-state index in [1.807, 2.05) is 30.3 Å². The molecule has 0 unspecified atom stereocenters. The number of phenols is 1. The van der Waals surface area contributed by atoms with Crippen LogP contribution in [0.1, 0.15) is 15.9 Å². The highest BCUT2D eigenvalue weighted by Crippen LogP contribution is 2.34. The molecular weight excluding hydrogens is 400 g/mol. The molecule has 1 heterocycles. The van der Waals surface area contributed by atoms with Gasteiger partial charge in [0.05, 0.1) is 7.11 Å².